The topological polar surface area (TPSA) is 24.4 Å². The van der Waals surface area contributed by atoms with E-state index in [-0.39, 0.29) is 0 Å². The Morgan fingerprint density at radius 1 is 1.29 bits per heavy atom. The molecule has 0 amide bonds. The van der Waals surface area contributed by atoms with Gasteiger partial charge in [-0.05, 0) is 17.5 Å². The van der Waals surface area contributed by atoms with Gasteiger partial charge in [0.1, 0.15) is 0 Å². The molecule has 1 aliphatic rings. The summed E-state index contributed by atoms with van der Waals surface area (Å²) in [7, 11) is 0. The maximum atomic E-state index is 6.00. The second-order valence-corrected chi connectivity index (χ2v) is 3.96. The number of rotatable bonds is 2. The van der Waals surface area contributed by atoms with Crippen molar-refractivity contribution < 1.29 is 0 Å². The van der Waals surface area contributed by atoms with Crippen molar-refractivity contribution in [2.45, 2.75) is 6.42 Å². The molecule has 0 bridgehead atoms. The van der Waals surface area contributed by atoms with Gasteiger partial charge in [-0.3, -0.25) is 0 Å². The second kappa shape index (κ2) is 4.53. The lowest BCUT2D eigenvalue weighted by atomic mass is 10.1. The summed E-state index contributed by atoms with van der Waals surface area (Å²) in [5.74, 6) is 0. The summed E-state index contributed by atoms with van der Waals surface area (Å²) in [6.07, 6.45) is 0.768. The standard InChI is InChI=1S/C10H9ClN2S/c11-9-7-14-13-12-10(9)6-8-4-2-1-3-5-8/h1-5,7,13H,6H2. The van der Waals surface area contributed by atoms with E-state index >= 15 is 0 Å². The largest absolute Gasteiger partial charge is 0.247 e. The highest BCUT2D eigenvalue weighted by Gasteiger charge is 2.09. The first-order chi connectivity index (χ1) is 6.86. The lowest BCUT2D eigenvalue weighted by Gasteiger charge is -2.09. The molecule has 2 rings (SSSR count). The van der Waals surface area contributed by atoms with E-state index in [2.05, 4.69) is 22.1 Å². The molecule has 0 unspecified atom stereocenters. The van der Waals surface area contributed by atoms with Crippen LogP contribution >= 0.6 is 23.5 Å². The summed E-state index contributed by atoms with van der Waals surface area (Å²) in [5.41, 5.74) is 2.10. The molecular formula is C10H9ClN2S. The van der Waals surface area contributed by atoms with Gasteiger partial charge in [0, 0.05) is 11.8 Å². The zero-order valence-corrected chi connectivity index (χ0v) is 8.98. The van der Waals surface area contributed by atoms with E-state index in [0.717, 1.165) is 17.2 Å². The fraction of sp³-hybridized carbons (Fsp3) is 0.100. The molecule has 0 atom stereocenters. The minimum Gasteiger partial charge on any atom is -0.247 e. The normalized spacial score (nSPS) is 15.5. The van der Waals surface area contributed by atoms with Crippen molar-refractivity contribution in [2.75, 3.05) is 0 Å². The molecule has 1 N–H and O–H groups in total. The van der Waals surface area contributed by atoms with Crippen LogP contribution in [-0.2, 0) is 6.42 Å². The van der Waals surface area contributed by atoms with Gasteiger partial charge in [0.05, 0.1) is 10.7 Å². The van der Waals surface area contributed by atoms with Gasteiger partial charge in [-0.1, -0.05) is 41.9 Å². The number of halogens is 1. The van der Waals surface area contributed by atoms with Crippen LogP contribution in [0.1, 0.15) is 5.56 Å². The number of hydrogen-bond donors (Lipinski definition) is 1. The molecule has 14 heavy (non-hydrogen) atoms. The van der Waals surface area contributed by atoms with Crippen LogP contribution in [0.4, 0.5) is 0 Å². The second-order valence-electron chi connectivity index (χ2n) is 2.90. The highest BCUT2D eigenvalue weighted by atomic mass is 35.5. The van der Waals surface area contributed by atoms with E-state index in [1.807, 2.05) is 23.6 Å². The van der Waals surface area contributed by atoms with Crippen LogP contribution in [0.3, 0.4) is 0 Å². The molecule has 0 saturated carbocycles. The number of nitrogens with zero attached hydrogens (tertiary/aromatic N) is 1. The van der Waals surface area contributed by atoms with Crippen molar-refractivity contribution in [1.82, 2.24) is 4.83 Å². The third kappa shape index (κ3) is 2.30. The predicted octanol–water partition coefficient (Wildman–Crippen LogP) is 2.92. The Hall–Kier alpha value is -0.930. The van der Waals surface area contributed by atoms with Crippen molar-refractivity contribution in [3.8, 4) is 0 Å². The van der Waals surface area contributed by atoms with Gasteiger partial charge >= 0.3 is 0 Å². The average molecular weight is 225 g/mol. The molecule has 0 radical (unpaired) electrons. The first kappa shape index (κ1) is 9.62. The quantitative estimate of drug-likeness (QED) is 0.782. The first-order valence-corrected chi connectivity index (χ1v) is 5.49. The number of hydrazone groups is 1. The van der Waals surface area contributed by atoms with Crippen LogP contribution in [0, 0.1) is 0 Å². The SMILES string of the molecule is ClC1=CSNN=C1Cc1ccccc1. The van der Waals surface area contributed by atoms with E-state index in [1.54, 1.807) is 0 Å². The predicted molar refractivity (Wildman–Crippen MR) is 62.2 cm³/mol. The highest BCUT2D eigenvalue weighted by molar-refractivity contribution is 8.00. The van der Waals surface area contributed by atoms with Crippen LogP contribution < -0.4 is 4.83 Å². The van der Waals surface area contributed by atoms with Crippen LogP contribution in [0.15, 0.2) is 45.9 Å². The molecule has 2 nitrogen and oxygen atoms in total. The van der Waals surface area contributed by atoms with Crippen molar-refractivity contribution in [3.05, 3.63) is 46.3 Å². The Morgan fingerprint density at radius 2 is 2.07 bits per heavy atom. The molecular weight excluding hydrogens is 216 g/mol. The van der Waals surface area contributed by atoms with Gasteiger partial charge in [-0.15, -0.1) is 0 Å². The smallest absolute Gasteiger partial charge is 0.0848 e. The molecule has 0 saturated heterocycles. The van der Waals surface area contributed by atoms with Gasteiger partial charge in [-0.25, -0.2) is 4.83 Å². The van der Waals surface area contributed by atoms with Crippen molar-refractivity contribution in [3.63, 3.8) is 0 Å². The first-order valence-electron chi connectivity index (χ1n) is 4.23. The fourth-order valence-electron chi connectivity index (χ4n) is 1.19. The number of nitrogens with one attached hydrogen (secondary N) is 1. The van der Waals surface area contributed by atoms with Gasteiger partial charge in [0.15, 0.2) is 0 Å². The van der Waals surface area contributed by atoms with Gasteiger partial charge in [-0.2, -0.15) is 5.10 Å². The van der Waals surface area contributed by atoms with Crippen molar-refractivity contribution >= 4 is 29.3 Å². The summed E-state index contributed by atoms with van der Waals surface area (Å²) in [6.45, 7) is 0. The van der Waals surface area contributed by atoms with Crippen molar-refractivity contribution in [2.24, 2.45) is 5.10 Å². The molecule has 1 aromatic carbocycles. The summed E-state index contributed by atoms with van der Waals surface area (Å²) < 4.78 is 0. The summed E-state index contributed by atoms with van der Waals surface area (Å²) in [5, 5.41) is 6.71. The third-order valence-corrected chi connectivity index (χ3v) is 2.89. The van der Waals surface area contributed by atoms with Gasteiger partial charge < -0.3 is 0 Å². The summed E-state index contributed by atoms with van der Waals surface area (Å²) in [6, 6.07) is 10.2. The minimum atomic E-state index is 0.720. The zero-order chi connectivity index (χ0) is 9.80. The molecule has 0 fully saturated rings. The Kier molecular flexibility index (Phi) is 3.11. The van der Waals surface area contributed by atoms with Crippen LogP contribution in [-0.4, -0.2) is 5.71 Å². The van der Waals surface area contributed by atoms with E-state index in [9.17, 15) is 0 Å². The van der Waals surface area contributed by atoms with Crippen LogP contribution in [0.2, 0.25) is 0 Å². The molecule has 1 aliphatic heterocycles. The summed E-state index contributed by atoms with van der Waals surface area (Å²) >= 11 is 7.39. The molecule has 72 valence electrons. The Balaban J connectivity index is 2.12. The third-order valence-electron chi connectivity index (χ3n) is 1.89. The van der Waals surface area contributed by atoms with Crippen LogP contribution in [0.25, 0.3) is 0 Å². The Labute approximate surface area is 92.2 Å². The molecule has 0 spiro atoms. The minimum absolute atomic E-state index is 0.720. The average Bonchev–Trinajstić information content (AvgIpc) is 2.23. The maximum Gasteiger partial charge on any atom is 0.0848 e. The lowest BCUT2D eigenvalue weighted by Crippen LogP contribution is -2.11. The fourth-order valence-corrected chi connectivity index (χ4v) is 1.89. The monoisotopic (exact) mass is 224 g/mol. The van der Waals surface area contributed by atoms with Crippen LogP contribution in [0.5, 0.6) is 0 Å². The van der Waals surface area contributed by atoms with Gasteiger partial charge in [0.25, 0.3) is 0 Å². The Bertz CT molecular complexity index is 373. The molecule has 0 aliphatic carbocycles. The van der Waals surface area contributed by atoms with E-state index < -0.39 is 0 Å². The molecule has 1 aromatic rings. The van der Waals surface area contributed by atoms with E-state index in [1.165, 1.54) is 17.5 Å². The zero-order valence-electron chi connectivity index (χ0n) is 7.40. The maximum absolute atomic E-state index is 6.00. The van der Waals surface area contributed by atoms with E-state index in [0.29, 0.717) is 0 Å². The lowest BCUT2D eigenvalue weighted by molar-refractivity contribution is 1.09. The number of hydrogen-bond acceptors (Lipinski definition) is 3. The molecule has 0 aromatic heterocycles. The van der Waals surface area contributed by atoms with Crippen molar-refractivity contribution in [1.29, 1.82) is 0 Å². The number of allylic oxidation sites excluding steroid dienone is 1. The Morgan fingerprint density at radius 3 is 2.79 bits per heavy atom. The van der Waals surface area contributed by atoms with Gasteiger partial charge in [0.2, 0.25) is 0 Å². The van der Waals surface area contributed by atoms with E-state index in [4.69, 9.17) is 11.6 Å². The molecule has 4 heteroatoms. The molecule has 1 heterocycles. The highest BCUT2D eigenvalue weighted by Crippen LogP contribution is 2.17. The summed E-state index contributed by atoms with van der Waals surface area (Å²) in [4.78, 5) is 2.83. The number of benzene rings is 1.